The van der Waals surface area contributed by atoms with E-state index in [0.29, 0.717) is 33.6 Å². The van der Waals surface area contributed by atoms with Crippen LogP contribution in [0.15, 0.2) is 29.2 Å². The van der Waals surface area contributed by atoms with Gasteiger partial charge in [-0.3, -0.25) is 9.69 Å². The van der Waals surface area contributed by atoms with Gasteiger partial charge in [0.05, 0.1) is 4.91 Å². The van der Waals surface area contributed by atoms with E-state index in [1.54, 1.807) is 23.1 Å². The average Bonchev–Trinajstić information content (AvgIpc) is 2.74. The Bertz CT molecular complexity index is 660. The molecule has 0 bridgehead atoms. The number of unbranched alkanes of at least 4 members (excludes halogenated alkanes) is 2. The minimum atomic E-state index is -1.04. The van der Waals surface area contributed by atoms with Crippen molar-refractivity contribution >= 4 is 57.9 Å². The van der Waals surface area contributed by atoms with E-state index in [2.05, 4.69) is 0 Å². The lowest BCUT2D eigenvalue weighted by Gasteiger charge is -2.14. The molecule has 0 saturated carbocycles. The zero-order valence-electron chi connectivity index (χ0n) is 12.3. The number of carboxylic acid groups (broad SMARTS) is 1. The number of aliphatic carboxylic acids is 1. The van der Waals surface area contributed by atoms with Gasteiger partial charge in [0.25, 0.3) is 5.91 Å². The zero-order valence-corrected chi connectivity index (χ0v) is 14.7. The number of benzene rings is 1. The van der Waals surface area contributed by atoms with Crippen LogP contribution in [0.3, 0.4) is 0 Å². The van der Waals surface area contributed by atoms with Gasteiger partial charge in [0.1, 0.15) is 4.32 Å². The standard InChI is InChI=1S/C16H16ClNO3S2/c17-12-6-4-5-11(9-12)10-13-15(21)18(16(22)23-13)8-3-1-2-7-14(19)20/h4-6,9-10H,1-3,7-8H2,(H,19,20)/p-1/b13-10+. The van der Waals surface area contributed by atoms with Crippen molar-refractivity contribution in [3.63, 3.8) is 0 Å². The van der Waals surface area contributed by atoms with Crippen molar-refractivity contribution in [1.82, 2.24) is 4.90 Å². The van der Waals surface area contributed by atoms with Gasteiger partial charge < -0.3 is 9.90 Å². The average molecular weight is 369 g/mol. The summed E-state index contributed by atoms with van der Waals surface area (Å²) < 4.78 is 0.531. The lowest BCUT2D eigenvalue weighted by Crippen LogP contribution is -2.29. The van der Waals surface area contributed by atoms with Gasteiger partial charge in [0.15, 0.2) is 0 Å². The van der Waals surface area contributed by atoms with Crippen LogP contribution in [0, 0.1) is 0 Å². The van der Waals surface area contributed by atoms with Gasteiger partial charge in [-0.15, -0.1) is 0 Å². The Balaban J connectivity index is 1.93. The molecule has 0 spiro atoms. The van der Waals surface area contributed by atoms with E-state index < -0.39 is 5.97 Å². The molecule has 1 fully saturated rings. The topological polar surface area (TPSA) is 60.4 Å². The maximum Gasteiger partial charge on any atom is 0.266 e. The molecule has 1 amide bonds. The van der Waals surface area contributed by atoms with E-state index in [-0.39, 0.29) is 12.3 Å². The highest BCUT2D eigenvalue weighted by Crippen LogP contribution is 2.33. The number of hydrogen-bond donors (Lipinski definition) is 0. The number of carbonyl (C=O) groups excluding carboxylic acids is 2. The van der Waals surface area contributed by atoms with Crippen LogP contribution in [-0.2, 0) is 9.59 Å². The van der Waals surface area contributed by atoms with E-state index in [1.807, 2.05) is 12.1 Å². The van der Waals surface area contributed by atoms with Crippen molar-refractivity contribution in [2.24, 2.45) is 0 Å². The third kappa shape index (κ3) is 5.34. The summed E-state index contributed by atoms with van der Waals surface area (Å²) >= 11 is 12.5. The Hall–Kier alpha value is -1.37. The Morgan fingerprint density at radius 3 is 2.83 bits per heavy atom. The molecule has 1 aromatic carbocycles. The highest BCUT2D eigenvalue weighted by molar-refractivity contribution is 8.26. The van der Waals surface area contributed by atoms with Gasteiger partial charge >= 0.3 is 0 Å². The lowest BCUT2D eigenvalue weighted by molar-refractivity contribution is -0.305. The summed E-state index contributed by atoms with van der Waals surface area (Å²) in [7, 11) is 0. The normalized spacial score (nSPS) is 16.4. The predicted molar refractivity (Wildman–Crippen MR) is 94.8 cm³/mol. The summed E-state index contributed by atoms with van der Waals surface area (Å²) in [6.07, 6.45) is 3.81. The van der Waals surface area contributed by atoms with E-state index in [4.69, 9.17) is 23.8 Å². The van der Waals surface area contributed by atoms with Crippen LogP contribution in [0.2, 0.25) is 5.02 Å². The maximum atomic E-state index is 12.4. The number of rotatable bonds is 7. The monoisotopic (exact) mass is 368 g/mol. The Labute approximate surface area is 149 Å². The first-order valence-electron chi connectivity index (χ1n) is 7.18. The number of halogens is 1. The quantitative estimate of drug-likeness (QED) is 0.420. The highest BCUT2D eigenvalue weighted by atomic mass is 35.5. The molecule has 0 unspecified atom stereocenters. The second kappa shape index (κ2) is 8.47. The minimum absolute atomic E-state index is 0.0487. The number of thiocarbonyl (C=S) groups is 1. The third-order valence-electron chi connectivity index (χ3n) is 3.28. The lowest BCUT2D eigenvalue weighted by atomic mass is 10.2. The van der Waals surface area contributed by atoms with Crippen LogP contribution in [-0.4, -0.2) is 27.6 Å². The second-order valence-corrected chi connectivity index (χ2v) is 7.18. The van der Waals surface area contributed by atoms with Gasteiger partial charge in [0.2, 0.25) is 0 Å². The van der Waals surface area contributed by atoms with E-state index >= 15 is 0 Å². The van der Waals surface area contributed by atoms with Crippen LogP contribution in [0.5, 0.6) is 0 Å². The van der Waals surface area contributed by atoms with Gasteiger partial charge in [-0.05, 0) is 43.0 Å². The van der Waals surface area contributed by atoms with Crippen LogP contribution in [0.1, 0.15) is 31.2 Å². The fourth-order valence-electron chi connectivity index (χ4n) is 2.16. The molecule has 1 heterocycles. The predicted octanol–water partition coefficient (Wildman–Crippen LogP) is 2.85. The van der Waals surface area contributed by atoms with Crippen LogP contribution in [0.25, 0.3) is 6.08 Å². The van der Waals surface area contributed by atoms with Gasteiger partial charge in [-0.2, -0.15) is 0 Å². The molecule has 7 heteroatoms. The van der Waals surface area contributed by atoms with Crippen molar-refractivity contribution in [2.75, 3.05) is 6.54 Å². The molecule has 0 aliphatic carbocycles. The molecule has 0 radical (unpaired) electrons. The molecule has 1 aromatic rings. The number of nitrogens with zero attached hydrogens (tertiary/aromatic N) is 1. The van der Waals surface area contributed by atoms with E-state index in [9.17, 15) is 14.7 Å². The van der Waals surface area contributed by atoms with Gasteiger partial charge in [-0.25, -0.2) is 0 Å². The van der Waals surface area contributed by atoms with Crippen molar-refractivity contribution in [1.29, 1.82) is 0 Å². The fourth-order valence-corrected chi connectivity index (χ4v) is 3.66. The Morgan fingerprint density at radius 2 is 2.13 bits per heavy atom. The first-order chi connectivity index (χ1) is 11.0. The summed E-state index contributed by atoms with van der Waals surface area (Å²) in [5.74, 6) is -1.15. The smallest absolute Gasteiger partial charge is 0.266 e. The number of carboxylic acids is 1. The molecule has 4 nitrogen and oxygen atoms in total. The van der Waals surface area contributed by atoms with E-state index in [0.717, 1.165) is 12.0 Å². The number of hydrogen-bond acceptors (Lipinski definition) is 5. The Morgan fingerprint density at radius 1 is 1.35 bits per heavy atom. The minimum Gasteiger partial charge on any atom is -0.550 e. The summed E-state index contributed by atoms with van der Waals surface area (Å²) in [6, 6.07) is 7.26. The third-order valence-corrected chi connectivity index (χ3v) is 4.90. The molecule has 2 rings (SSSR count). The molecule has 0 N–H and O–H groups in total. The summed E-state index contributed by atoms with van der Waals surface area (Å²) in [6.45, 7) is 0.505. The number of amides is 1. The maximum absolute atomic E-state index is 12.4. The molecular formula is C16H15ClNO3S2-. The molecule has 122 valence electrons. The molecule has 1 aliphatic heterocycles. The number of carbonyl (C=O) groups is 2. The number of thioether (sulfide) groups is 1. The molecule has 1 aliphatic rings. The molecule has 23 heavy (non-hydrogen) atoms. The fraction of sp³-hybridized carbons (Fsp3) is 0.312. The molecule has 1 saturated heterocycles. The summed E-state index contributed by atoms with van der Waals surface area (Å²) in [5.41, 5.74) is 0.854. The second-order valence-electron chi connectivity index (χ2n) is 5.07. The van der Waals surface area contributed by atoms with Gasteiger partial charge in [0, 0.05) is 17.5 Å². The van der Waals surface area contributed by atoms with Crippen LogP contribution in [0.4, 0.5) is 0 Å². The first-order valence-corrected chi connectivity index (χ1v) is 8.78. The first kappa shape index (κ1) is 18.0. The van der Waals surface area contributed by atoms with Crippen LogP contribution < -0.4 is 5.11 Å². The Kier molecular flexibility index (Phi) is 6.62. The van der Waals surface area contributed by atoms with Crippen molar-refractivity contribution < 1.29 is 14.7 Å². The van der Waals surface area contributed by atoms with Crippen molar-refractivity contribution in [3.05, 3.63) is 39.8 Å². The SMILES string of the molecule is O=C([O-])CCCCCN1C(=O)/C(=C\c2cccc(Cl)c2)SC1=S. The highest BCUT2D eigenvalue weighted by Gasteiger charge is 2.31. The largest absolute Gasteiger partial charge is 0.550 e. The van der Waals surface area contributed by atoms with E-state index in [1.165, 1.54) is 11.8 Å². The van der Waals surface area contributed by atoms with Crippen LogP contribution >= 0.6 is 35.6 Å². The van der Waals surface area contributed by atoms with Crippen molar-refractivity contribution in [3.8, 4) is 0 Å². The summed E-state index contributed by atoms with van der Waals surface area (Å²) in [4.78, 5) is 24.9. The zero-order chi connectivity index (χ0) is 16.8. The molecule has 0 atom stereocenters. The summed E-state index contributed by atoms with van der Waals surface area (Å²) in [5, 5.41) is 11.0. The molecular weight excluding hydrogens is 354 g/mol. The van der Waals surface area contributed by atoms with Crippen molar-refractivity contribution in [2.45, 2.75) is 25.7 Å². The molecule has 0 aromatic heterocycles. The van der Waals surface area contributed by atoms with Gasteiger partial charge in [-0.1, -0.05) is 54.1 Å².